The number of nitrogens with one attached hydrogen (secondary N) is 1. The first-order chi connectivity index (χ1) is 17.4. The quantitative estimate of drug-likeness (QED) is 0.369. The lowest BCUT2D eigenvalue weighted by Crippen LogP contribution is -2.53. The molecule has 2 rings (SSSR count). The van der Waals surface area contributed by atoms with Crippen molar-refractivity contribution in [3.63, 3.8) is 0 Å². The van der Waals surface area contributed by atoms with Crippen molar-refractivity contribution in [3.05, 3.63) is 58.1 Å². The molecule has 0 aliphatic carbocycles. The van der Waals surface area contributed by atoms with Gasteiger partial charge in [-0.25, -0.2) is 8.42 Å². The molecule has 11 heteroatoms. The summed E-state index contributed by atoms with van der Waals surface area (Å²) in [6, 6.07) is 10.6. The lowest BCUT2D eigenvalue weighted by atomic mass is 10.1. The molecule has 0 saturated heterocycles. The molecular formula is C26H35Cl2N3O5S. The summed E-state index contributed by atoms with van der Waals surface area (Å²) in [6.07, 6.45) is 2.03. The van der Waals surface area contributed by atoms with Crippen LogP contribution in [0.2, 0.25) is 10.0 Å². The molecule has 0 aromatic heterocycles. The van der Waals surface area contributed by atoms with Crippen molar-refractivity contribution in [2.45, 2.75) is 59.2 Å². The highest BCUT2D eigenvalue weighted by atomic mass is 35.5. The SMILES string of the molecule is CCOc1ccccc1N(CC(=O)N(Cc1c(Cl)cccc1Cl)[C@H](CC)C(=O)N[C@H](C)CC)S(C)(=O)=O. The van der Waals surface area contributed by atoms with Crippen LogP contribution in [0.3, 0.4) is 0 Å². The zero-order valence-corrected chi connectivity index (χ0v) is 24.2. The number of rotatable bonds is 13. The van der Waals surface area contributed by atoms with Crippen LogP contribution in [0.15, 0.2) is 42.5 Å². The van der Waals surface area contributed by atoms with Crippen molar-refractivity contribution in [3.8, 4) is 5.75 Å². The first-order valence-corrected chi connectivity index (χ1v) is 14.8. The molecule has 2 amide bonds. The molecule has 0 saturated carbocycles. The van der Waals surface area contributed by atoms with E-state index < -0.39 is 28.5 Å². The van der Waals surface area contributed by atoms with Crippen LogP contribution in [0.25, 0.3) is 0 Å². The number of nitrogens with zero attached hydrogens (tertiary/aromatic N) is 2. The monoisotopic (exact) mass is 571 g/mol. The van der Waals surface area contributed by atoms with Crippen LogP contribution in [-0.2, 0) is 26.2 Å². The number of benzene rings is 2. The zero-order chi connectivity index (χ0) is 27.8. The average molecular weight is 573 g/mol. The maximum atomic E-state index is 13.8. The molecule has 0 aliphatic heterocycles. The number of amides is 2. The van der Waals surface area contributed by atoms with Crippen molar-refractivity contribution in [1.29, 1.82) is 0 Å². The molecule has 0 unspecified atom stereocenters. The Balaban J connectivity index is 2.55. The van der Waals surface area contributed by atoms with Gasteiger partial charge in [0.05, 0.1) is 18.6 Å². The molecule has 0 bridgehead atoms. The molecular weight excluding hydrogens is 537 g/mol. The van der Waals surface area contributed by atoms with Crippen molar-refractivity contribution in [2.24, 2.45) is 0 Å². The maximum absolute atomic E-state index is 13.8. The average Bonchev–Trinajstić information content (AvgIpc) is 2.84. The first-order valence-electron chi connectivity index (χ1n) is 12.2. The van der Waals surface area contributed by atoms with Crippen molar-refractivity contribution in [2.75, 3.05) is 23.7 Å². The van der Waals surface area contributed by atoms with Crippen LogP contribution in [0.4, 0.5) is 5.69 Å². The molecule has 0 spiro atoms. The Kier molecular flexibility index (Phi) is 11.5. The molecule has 0 fully saturated rings. The van der Waals surface area contributed by atoms with Gasteiger partial charge in [0.25, 0.3) is 0 Å². The van der Waals surface area contributed by atoms with Gasteiger partial charge >= 0.3 is 0 Å². The number of halogens is 2. The fourth-order valence-corrected chi connectivity index (χ4v) is 5.12. The van der Waals surface area contributed by atoms with Crippen LogP contribution < -0.4 is 14.4 Å². The Labute approximate surface area is 229 Å². The standard InChI is InChI=1S/C26H35Cl2N3O5S/c1-6-18(4)29-26(33)22(7-2)30(16-19-20(27)12-11-13-21(19)28)25(32)17-31(37(5,34)35)23-14-9-10-15-24(23)36-8-3/h9-15,18,22H,6-8,16-17H2,1-5H3,(H,29,33)/t18-,22-/m1/s1. The van der Waals surface area contributed by atoms with Crippen molar-refractivity contribution in [1.82, 2.24) is 10.2 Å². The molecule has 0 radical (unpaired) electrons. The Morgan fingerprint density at radius 1 is 1.00 bits per heavy atom. The Bertz CT molecular complexity index is 1170. The van der Waals surface area contributed by atoms with Crippen LogP contribution in [0.1, 0.15) is 46.1 Å². The van der Waals surface area contributed by atoms with Gasteiger partial charge in [-0.3, -0.25) is 13.9 Å². The summed E-state index contributed by atoms with van der Waals surface area (Å²) in [4.78, 5) is 28.4. The van der Waals surface area contributed by atoms with Crippen molar-refractivity contribution < 1.29 is 22.7 Å². The largest absolute Gasteiger partial charge is 0.492 e. The smallest absolute Gasteiger partial charge is 0.244 e. The molecule has 2 aromatic rings. The first kappa shape index (κ1) is 30.7. The van der Waals surface area contributed by atoms with E-state index in [0.29, 0.717) is 40.8 Å². The van der Waals surface area contributed by atoms with Crippen molar-refractivity contribution >= 4 is 50.7 Å². The highest BCUT2D eigenvalue weighted by Crippen LogP contribution is 2.31. The van der Waals surface area contributed by atoms with E-state index in [1.807, 2.05) is 13.8 Å². The van der Waals surface area contributed by atoms with E-state index in [2.05, 4.69) is 5.32 Å². The Morgan fingerprint density at radius 2 is 1.62 bits per heavy atom. The lowest BCUT2D eigenvalue weighted by molar-refractivity contribution is -0.140. The number of hydrogen-bond acceptors (Lipinski definition) is 5. The number of para-hydroxylation sites is 2. The van der Waals surface area contributed by atoms with Gasteiger partial charge in [0, 0.05) is 28.2 Å². The zero-order valence-electron chi connectivity index (χ0n) is 21.8. The number of carbonyl (C=O) groups is 2. The Hall–Kier alpha value is -2.49. The fourth-order valence-electron chi connectivity index (χ4n) is 3.75. The highest BCUT2D eigenvalue weighted by molar-refractivity contribution is 7.92. The molecule has 0 aliphatic rings. The third-order valence-electron chi connectivity index (χ3n) is 5.89. The number of anilines is 1. The molecule has 2 aromatic carbocycles. The summed E-state index contributed by atoms with van der Waals surface area (Å²) in [5.41, 5.74) is 0.697. The fraction of sp³-hybridized carbons (Fsp3) is 0.462. The second-order valence-electron chi connectivity index (χ2n) is 8.63. The summed E-state index contributed by atoms with van der Waals surface area (Å²) < 4.78 is 32.3. The second-order valence-corrected chi connectivity index (χ2v) is 11.4. The van der Waals surface area contributed by atoms with Crippen LogP contribution in [0.5, 0.6) is 5.75 Å². The van der Waals surface area contributed by atoms with E-state index in [1.165, 1.54) is 4.90 Å². The lowest BCUT2D eigenvalue weighted by Gasteiger charge is -2.34. The van der Waals surface area contributed by atoms with E-state index in [4.69, 9.17) is 27.9 Å². The Morgan fingerprint density at radius 3 is 2.16 bits per heavy atom. The topological polar surface area (TPSA) is 96.0 Å². The number of ether oxygens (including phenoxy) is 1. The van der Waals surface area contributed by atoms with Crippen LogP contribution in [0, 0.1) is 0 Å². The molecule has 37 heavy (non-hydrogen) atoms. The predicted octanol–water partition coefficient (Wildman–Crippen LogP) is 4.88. The van der Waals surface area contributed by atoms with Gasteiger partial charge < -0.3 is 15.0 Å². The molecule has 8 nitrogen and oxygen atoms in total. The van der Waals surface area contributed by atoms with Gasteiger partial charge in [-0.05, 0) is 51.0 Å². The summed E-state index contributed by atoms with van der Waals surface area (Å²) in [5, 5.41) is 3.60. The van der Waals surface area contributed by atoms with E-state index in [-0.39, 0.29) is 24.2 Å². The minimum absolute atomic E-state index is 0.0749. The van der Waals surface area contributed by atoms with Gasteiger partial charge in [0.15, 0.2) is 0 Å². The van der Waals surface area contributed by atoms with E-state index in [0.717, 1.165) is 10.6 Å². The van der Waals surface area contributed by atoms with Gasteiger partial charge in [0.1, 0.15) is 18.3 Å². The van der Waals surface area contributed by atoms with Gasteiger partial charge in [-0.15, -0.1) is 0 Å². The summed E-state index contributed by atoms with van der Waals surface area (Å²) >= 11 is 12.8. The molecule has 2 atom stereocenters. The summed E-state index contributed by atoms with van der Waals surface area (Å²) in [6.45, 7) is 7.08. The summed E-state index contributed by atoms with van der Waals surface area (Å²) in [5.74, 6) is -0.599. The van der Waals surface area contributed by atoms with Gasteiger partial charge in [0.2, 0.25) is 21.8 Å². The van der Waals surface area contributed by atoms with Crippen LogP contribution >= 0.6 is 23.2 Å². The normalized spacial score (nSPS) is 12.9. The highest BCUT2D eigenvalue weighted by Gasteiger charge is 2.33. The minimum atomic E-state index is -3.90. The van der Waals surface area contributed by atoms with E-state index in [1.54, 1.807) is 56.3 Å². The number of sulfonamides is 1. The predicted molar refractivity (Wildman–Crippen MR) is 149 cm³/mol. The van der Waals surface area contributed by atoms with Gasteiger partial charge in [-0.1, -0.05) is 55.2 Å². The number of carbonyl (C=O) groups excluding carboxylic acids is 2. The maximum Gasteiger partial charge on any atom is 0.244 e. The molecule has 1 N–H and O–H groups in total. The third-order valence-corrected chi connectivity index (χ3v) is 7.72. The minimum Gasteiger partial charge on any atom is -0.492 e. The molecule has 0 heterocycles. The van der Waals surface area contributed by atoms with E-state index >= 15 is 0 Å². The van der Waals surface area contributed by atoms with E-state index in [9.17, 15) is 18.0 Å². The van der Waals surface area contributed by atoms with Gasteiger partial charge in [-0.2, -0.15) is 0 Å². The third kappa shape index (κ3) is 8.25. The van der Waals surface area contributed by atoms with Crippen LogP contribution in [-0.4, -0.2) is 56.6 Å². The summed E-state index contributed by atoms with van der Waals surface area (Å²) in [7, 11) is -3.90. The second kappa shape index (κ2) is 13.9. The molecule has 204 valence electrons. The number of hydrogen-bond donors (Lipinski definition) is 1.